The fourth-order valence-corrected chi connectivity index (χ4v) is 4.24. The lowest BCUT2D eigenvalue weighted by Crippen LogP contribution is -2.32. The van der Waals surface area contributed by atoms with E-state index in [4.69, 9.17) is 11.6 Å². The van der Waals surface area contributed by atoms with Crippen molar-refractivity contribution in [3.63, 3.8) is 0 Å². The zero-order chi connectivity index (χ0) is 21.6. The van der Waals surface area contributed by atoms with Crippen LogP contribution in [0.1, 0.15) is 67.2 Å². The van der Waals surface area contributed by atoms with Crippen molar-refractivity contribution >= 4 is 29.2 Å². The Labute approximate surface area is 175 Å². The van der Waals surface area contributed by atoms with E-state index in [1.807, 2.05) is 30.3 Å². The highest BCUT2D eigenvalue weighted by Gasteiger charge is 2.36. The molecule has 6 heteroatoms. The fourth-order valence-electron chi connectivity index (χ4n) is 4.02. The first-order chi connectivity index (χ1) is 13.4. The van der Waals surface area contributed by atoms with Crippen LogP contribution in [0.2, 0.25) is 5.02 Å². The first kappa shape index (κ1) is 21.2. The maximum Gasteiger partial charge on any atom is 0.337 e. The van der Waals surface area contributed by atoms with Gasteiger partial charge in [-0.25, -0.2) is 4.79 Å². The van der Waals surface area contributed by atoms with Gasteiger partial charge in [-0.2, -0.15) is 0 Å². The van der Waals surface area contributed by atoms with Crippen molar-refractivity contribution < 1.29 is 19.8 Å². The molecule has 0 saturated carbocycles. The minimum absolute atomic E-state index is 0.0929. The monoisotopic (exact) mass is 415 g/mol. The molecular weight excluding hydrogens is 390 g/mol. The fraction of sp³-hybridized carbons (Fsp3) is 0.391. The lowest BCUT2D eigenvalue weighted by molar-refractivity contribution is -0.146. The SMILES string of the molecule is CC(C)(Cc1cccc(C2CC(C)(C)c3cc(Cl)cc(C(=O)O)c3N2)c1)C(=O)O. The Morgan fingerprint density at radius 3 is 2.52 bits per heavy atom. The Balaban J connectivity index is 2.00. The van der Waals surface area contributed by atoms with Crippen LogP contribution in [0.4, 0.5) is 5.69 Å². The summed E-state index contributed by atoms with van der Waals surface area (Å²) < 4.78 is 0. The smallest absolute Gasteiger partial charge is 0.337 e. The number of carboxylic acids is 2. The Morgan fingerprint density at radius 1 is 1.21 bits per heavy atom. The summed E-state index contributed by atoms with van der Waals surface area (Å²) in [6.45, 7) is 7.59. The average Bonchev–Trinajstić information content (AvgIpc) is 2.61. The minimum Gasteiger partial charge on any atom is -0.481 e. The van der Waals surface area contributed by atoms with Gasteiger partial charge >= 0.3 is 11.9 Å². The number of aromatic carboxylic acids is 1. The van der Waals surface area contributed by atoms with E-state index < -0.39 is 17.4 Å². The molecule has 0 saturated heterocycles. The summed E-state index contributed by atoms with van der Waals surface area (Å²) in [4.78, 5) is 23.3. The third-order valence-corrected chi connectivity index (χ3v) is 5.89. The normalized spacial score (nSPS) is 17.9. The lowest BCUT2D eigenvalue weighted by Gasteiger charge is -2.40. The van der Waals surface area contributed by atoms with Gasteiger partial charge in [-0.3, -0.25) is 4.79 Å². The Kier molecular flexibility index (Phi) is 5.39. The van der Waals surface area contributed by atoms with Crippen LogP contribution in [0.25, 0.3) is 0 Å². The third-order valence-electron chi connectivity index (χ3n) is 5.67. The molecule has 0 amide bonds. The number of aliphatic carboxylic acids is 1. The molecule has 5 nitrogen and oxygen atoms in total. The molecule has 1 atom stereocenters. The largest absolute Gasteiger partial charge is 0.481 e. The topological polar surface area (TPSA) is 86.6 Å². The molecule has 1 unspecified atom stereocenters. The van der Waals surface area contributed by atoms with E-state index in [0.717, 1.165) is 23.1 Å². The van der Waals surface area contributed by atoms with Gasteiger partial charge in [-0.05, 0) is 60.9 Å². The number of halogens is 1. The van der Waals surface area contributed by atoms with Gasteiger partial charge in [0.1, 0.15) is 0 Å². The van der Waals surface area contributed by atoms with E-state index in [1.165, 1.54) is 6.07 Å². The Hall–Kier alpha value is -2.53. The van der Waals surface area contributed by atoms with E-state index in [9.17, 15) is 19.8 Å². The molecule has 1 heterocycles. The van der Waals surface area contributed by atoms with Crippen molar-refractivity contribution in [1.29, 1.82) is 0 Å². The van der Waals surface area contributed by atoms with E-state index >= 15 is 0 Å². The van der Waals surface area contributed by atoms with Crippen LogP contribution in [-0.2, 0) is 16.6 Å². The lowest BCUT2D eigenvalue weighted by atomic mass is 9.73. The van der Waals surface area contributed by atoms with Crippen LogP contribution in [0.15, 0.2) is 36.4 Å². The predicted molar refractivity (Wildman–Crippen MR) is 114 cm³/mol. The van der Waals surface area contributed by atoms with E-state index in [2.05, 4.69) is 19.2 Å². The highest BCUT2D eigenvalue weighted by atomic mass is 35.5. The highest BCUT2D eigenvalue weighted by Crippen LogP contribution is 2.46. The number of rotatable bonds is 5. The number of carbonyl (C=O) groups is 2. The summed E-state index contributed by atoms with van der Waals surface area (Å²) >= 11 is 6.18. The van der Waals surface area contributed by atoms with E-state index in [1.54, 1.807) is 13.8 Å². The molecule has 1 aliphatic rings. The molecule has 0 aromatic heterocycles. The molecule has 2 aromatic carbocycles. The second-order valence-electron chi connectivity index (χ2n) is 9.08. The van der Waals surface area contributed by atoms with Gasteiger partial charge in [0.25, 0.3) is 0 Å². The maximum atomic E-state index is 11.8. The van der Waals surface area contributed by atoms with Gasteiger partial charge < -0.3 is 15.5 Å². The Bertz CT molecular complexity index is 981. The molecule has 154 valence electrons. The summed E-state index contributed by atoms with van der Waals surface area (Å²) in [5, 5.41) is 22.9. The number of hydrogen-bond acceptors (Lipinski definition) is 3. The summed E-state index contributed by atoms with van der Waals surface area (Å²) in [7, 11) is 0. The zero-order valence-corrected chi connectivity index (χ0v) is 17.8. The average molecular weight is 416 g/mol. The molecule has 0 spiro atoms. The molecule has 3 N–H and O–H groups in total. The molecule has 0 radical (unpaired) electrons. The van der Waals surface area contributed by atoms with Gasteiger partial charge in [0.15, 0.2) is 0 Å². The van der Waals surface area contributed by atoms with Crippen molar-refractivity contribution in [2.45, 2.75) is 52.0 Å². The number of benzene rings is 2. The predicted octanol–water partition coefficient (Wildman–Crippen LogP) is 5.53. The van der Waals surface area contributed by atoms with Crippen molar-refractivity contribution in [3.8, 4) is 0 Å². The van der Waals surface area contributed by atoms with Crippen LogP contribution in [0.5, 0.6) is 0 Å². The quantitative estimate of drug-likeness (QED) is 0.598. The van der Waals surface area contributed by atoms with Gasteiger partial charge in [-0.15, -0.1) is 0 Å². The molecule has 0 bridgehead atoms. The molecule has 1 aliphatic heterocycles. The first-order valence-corrected chi connectivity index (χ1v) is 9.94. The molecule has 2 aromatic rings. The van der Waals surface area contributed by atoms with E-state index in [-0.39, 0.29) is 17.0 Å². The van der Waals surface area contributed by atoms with Crippen LogP contribution in [-0.4, -0.2) is 22.2 Å². The molecule has 29 heavy (non-hydrogen) atoms. The van der Waals surface area contributed by atoms with Crippen molar-refractivity contribution in [2.75, 3.05) is 5.32 Å². The molecular formula is C23H26ClNO4. The van der Waals surface area contributed by atoms with Crippen LogP contribution in [0.3, 0.4) is 0 Å². The third kappa shape index (κ3) is 4.25. The summed E-state index contributed by atoms with van der Waals surface area (Å²) in [5.74, 6) is -1.86. The maximum absolute atomic E-state index is 11.8. The zero-order valence-electron chi connectivity index (χ0n) is 17.0. The minimum atomic E-state index is -1.02. The molecule has 3 rings (SSSR count). The standard InChI is InChI=1S/C23H26ClNO4/c1-22(2)12-18(25-19-16(20(26)27)9-15(24)10-17(19)22)14-7-5-6-13(8-14)11-23(3,4)21(28)29/h5-10,18,25H,11-12H2,1-4H3,(H,26,27)(H,28,29). The number of nitrogens with one attached hydrogen (secondary N) is 1. The summed E-state index contributed by atoms with van der Waals surface area (Å²) in [5.41, 5.74) is 2.45. The van der Waals surface area contributed by atoms with E-state index in [0.29, 0.717) is 17.1 Å². The summed E-state index contributed by atoms with van der Waals surface area (Å²) in [6, 6.07) is 11.1. The van der Waals surface area contributed by atoms with Crippen LogP contribution in [0, 0.1) is 5.41 Å². The molecule has 0 aliphatic carbocycles. The van der Waals surface area contributed by atoms with Crippen molar-refractivity contribution in [2.24, 2.45) is 5.41 Å². The number of fused-ring (bicyclic) bond motifs is 1. The van der Waals surface area contributed by atoms with Crippen LogP contribution >= 0.6 is 11.6 Å². The van der Waals surface area contributed by atoms with Crippen molar-refractivity contribution in [3.05, 3.63) is 63.7 Å². The van der Waals surface area contributed by atoms with Crippen LogP contribution < -0.4 is 5.32 Å². The van der Waals surface area contributed by atoms with Gasteiger partial charge in [0.05, 0.1) is 22.7 Å². The summed E-state index contributed by atoms with van der Waals surface area (Å²) in [6.07, 6.45) is 1.17. The number of anilines is 1. The Morgan fingerprint density at radius 2 is 1.90 bits per heavy atom. The first-order valence-electron chi connectivity index (χ1n) is 9.57. The van der Waals surface area contributed by atoms with Gasteiger partial charge in [0.2, 0.25) is 0 Å². The molecule has 0 fully saturated rings. The van der Waals surface area contributed by atoms with Gasteiger partial charge in [-0.1, -0.05) is 49.7 Å². The second kappa shape index (κ2) is 7.38. The highest BCUT2D eigenvalue weighted by molar-refractivity contribution is 6.31. The van der Waals surface area contributed by atoms with Crippen molar-refractivity contribution in [1.82, 2.24) is 0 Å². The number of hydrogen-bond donors (Lipinski definition) is 3. The van der Waals surface area contributed by atoms with Gasteiger partial charge in [0, 0.05) is 5.02 Å². The second-order valence-corrected chi connectivity index (χ2v) is 9.51. The number of carboxylic acid groups (broad SMARTS) is 2.